The predicted octanol–water partition coefficient (Wildman–Crippen LogP) is 0.584. The second kappa shape index (κ2) is 5.50. The molecule has 0 bridgehead atoms. The maximum atomic E-state index is 4.59. The van der Waals surface area contributed by atoms with E-state index in [-0.39, 0.29) is 0 Å². The molecule has 0 saturated carbocycles. The van der Waals surface area contributed by atoms with Crippen LogP contribution in [-0.4, -0.2) is 59.6 Å². The Morgan fingerprint density at radius 1 is 1.33 bits per heavy atom. The third-order valence-electron chi connectivity index (χ3n) is 3.88. The largest absolute Gasteiger partial charge is 0.345 e. The third kappa shape index (κ3) is 2.50. The van der Waals surface area contributed by atoms with Crippen LogP contribution in [0.5, 0.6) is 0 Å². The van der Waals surface area contributed by atoms with Gasteiger partial charge in [0.1, 0.15) is 5.82 Å². The summed E-state index contributed by atoms with van der Waals surface area (Å²) in [7, 11) is 0. The van der Waals surface area contributed by atoms with Crippen LogP contribution in [0.4, 0.5) is 5.13 Å². The Balaban J connectivity index is 1.60. The Hall–Kier alpha value is -0.720. The molecular weight excluding hydrogens is 246 g/mol. The molecule has 3 heterocycles. The number of nitrogens with zero attached hydrogens (tertiary/aromatic N) is 4. The van der Waals surface area contributed by atoms with E-state index in [9.17, 15) is 0 Å². The molecule has 0 amide bonds. The molecule has 6 heteroatoms. The van der Waals surface area contributed by atoms with Crippen LogP contribution in [0.25, 0.3) is 0 Å². The molecule has 2 saturated heterocycles. The molecule has 2 aliphatic heterocycles. The lowest BCUT2D eigenvalue weighted by Crippen LogP contribution is -2.49. The maximum absolute atomic E-state index is 4.59. The zero-order valence-corrected chi connectivity index (χ0v) is 11.7. The Labute approximate surface area is 112 Å². The van der Waals surface area contributed by atoms with Crippen LogP contribution in [0.2, 0.25) is 0 Å². The summed E-state index contributed by atoms with van der Waals surface area (Å²) in [6, 6.07) is 0.709. The zero-order valence-electron chi connectivity index (χ0n) is 10.9. The molecule has 5 nitrogen and oxygen atoms in total. The molecule has 0 radical (unpaired) electrons. The van der Waals surface area contributed by atoms with Crippen molar-refractivity contribution in [1.82, 2.24) is 19.6 Å². The molecule has 18 heavy (non-hydrogen) atoms. The fourth-order valence-electron chi connectivity index (χ4n) is 2.78. The molecule has 0 aliphatic carbocycles. The summed E-state index contributed by atoms with van der Waals surface area (Å²) >= 11 is 1.55. The lowest BCUT2D eigenvalue weighted by Gasteiger charge is -2.32. The first-order valence-electron chi connectivity index (χ1n) is 6.89. The Morgan fingerprint density at radius 2 is 2.17 bits per heavy atom. The molecular formula is C12H21N5S. The minimum absolute atomic E-state index is 0.709. The third-order valence-corrected chi connectivity index (χ3v) is 4.69. The van der Waals surface area contributed by atoms with E-state index < -0.39 is 0 Å². The summed E-state index contributed by atoms with van der Waals surface area (Å²) in [5.41, 5.74) is 0. The van der Waals surface area contributed by atoms with Gasteiger partial charge in [-0.25, -0.2) is 4.98 Å². The summed E-state index contributed by atoms with van der Waals surface area (Å²) < 4.78 is 4.38. The molecule has 1 atom stereocenters. The van der Waals surface area contributed by atoms with Crippen molar-refractivity contribution in [2.75, 3.05) is 44.2 Å². The van der Waals surface area contributed by atoms with Gasteiger partial charge in [0.2, 0.25) is 5.13 Å². The van der Waals surface area contributed by atoms with Crippen LogP contribution < -0.4 is 10.2 Å². The molecule has 1 aromatic rings. The summed E-state index contributed by atoms with van der Waals surface area (Å²) in [5, 5.41) is 4.53. The molecule has 0 aromatic carbocycles. The Morgan fingerprint density at radius 3 is 2.89 bits per heavy atom. The van der Waals surface area contributed by atoms with Gasteiger partial charge >= 0.3 is 0 Å². The predicted molar refractivity (Wildman–Crippen MR) is 74.3 cm³/mol. The van der Waals surface area contributed by atoms with E-state index in [1.807, 2.05) is 0 Å². The fraction of sp³-hybridized carbons (Fsp3) is 0.833. The van der Waals surface area contributed by atoms with Gasteiger partial charge < -0.3 is 10.2 Å². The van der Waals surface area contributed by atoms with Crippen LogP contribution in [0.15, 0.2) is 0 Å². The number of aromatic nitrogens is 2. The monoisotopic (exact) mass is 267 g/mol. The highest BCUT2D eigenvalue weighted by molar-refractivity contribution is 7.09. The molecule has 0 spiro atoms. The van der Waals surface area contributed by atoms with Crippen molar-refractivity contribution >= 4 is 16.7 Å². The summed E-state index contributed by atoms with van der Waals surface area (Å²) in [4.78, 5) is 9.62. The minimum Gasteiger partial charge on any atom is -0.345 e. The van der Waals surface area contributed by atoms with E-state index in [4.69, 9.17) is 0 Å². The van der Waals surface area contributed by atoms with Gasteiger partial charge in [-0.15, -0.1) is 0 Å². The summed E-state index contributed by atoms with van der Waals surface area (Å²) in [5.74, 6) is 0.987. The maximum Gasteiger partial charge on any atom is 0.205 e. The number of rotatable bonds is 3. The topological polar surface area (TPSA) is 44.3 Å². The van der Waals surface area contributed by atoms with E-state index in [2.05, 4.69) is 31.4 Å². The first-order valence-corrected chi connectivity index (χ1v) is 7.66. The lowest BCUT2D eigenvalue weighted by atomic mass is 10.2. The first kappa shape index (κ1) is 12.3. The van der Waals surface area contributed by atoms with E-state index in [0.29, 0.717) is 6.04 Å². The Kier molecular flexibility index (Phi) is 3.77. The van der Waals surface area contributed by atoms with Crippen molar-refractivity contribution < 1.29 is 0 Å². The van der Waals surface area contributed by atoms with Gasteiger partial charge in [-0.3, -0.25) is 4.90 Å². The van der Waals surface area contributed by atoms with Crippen molar-refractivity contribution in [2.24, 2.45) is 0 Å². The summed E-state index contributed by atoms with van der Waals surface area (Å²) in [6.07, 6.45) is 2.20. The van der Waals surface area contributed by atoms with E-state index >= 15 is 0 Å². The SMILES string of the molecule is CCc1nsc(N2CCC(N3CCNCC3)C2)n1. The highest BCUT2D eigenvalue weighted by Gasteiger charge is 2.29. The number of hydrogen-bond donors (Lipinski definition) is 1. The molecule has 1 aromatic heterocycles. The molecule has 2 aliphatic rings. The van der Waals surface area contributed by atoms with Crippen LogP contribution >= 0.6 is 11.5 Å². The van der Waals surface area contributed by atoms with Crippen molar-refractivity contribution in [3.05, 3.63) is 5.82 Å². The van der Waals surface area contributed by atoms with Crippen molar-refractivity contribution in [2.45, 2.75) is 25.8 Å². The first-order chi connectivity index (χ1) is 8.86. The van der Waals surface area contributed by atoms with Gasteiger partial charge in [0.25, 0.3) is 0 Å². The average molecular weight is 267 g/mol. The quantitative estimate of drug-likeness (QED) is 0.868. The second-order valence-corrected chi connectivity index (χ2v) is 5.75. The molecule has 1 N–H and O–H groups in total. The van der Waals surface area contributed by atoms with Gasteiger partial charge in [0, 0.05) is 63.3 Å². The van der Waals surface area contributed by atoms with Crippen LogP contribution in [0, 0.1) is 0 Å². The smallest absolute Gasteiger partial charge is 0.205 e. The molecule has 3 rings (SSSR count). The van der Waals surface area contributed by atoms with Gasteiger partial charge in [0.15, 0.2) is 0 Å². The molecule has 2 fully saturated rings. The average Bonchev–Trinajstić information content (AvgIpc) is 3.08. The number of aryl methyl sites for hydroxylation is 1. The van der Waals surface area contributed by atoms with E-state index in [0.717, 1.165) is 43.6 Å². The second-order valence-electron chi connectivity index (χ2n) is 5.02. The van der Waals surface area contributed by atoms with Crippen LogP contribution in [0.1, 0.15) is 19.2 Å². The standard InChI is InChI=1S/C12H21N5S/c1-2-11-14-12(18-15-11)17-6-3-10(9-17)16-7-4-13-5-8-16/h10,13H,2-9H2,1H3. The molecule has 100 valence electrons. The number of piperazine rings is 1. The van der Waals surface area contributed by atoms with Crippen molar-refractivity contribution in [3.8, 4) is 0 Å². The van der Waals surface area contributed by atoms with E-state index in [1.165, 1.54) is 19.5 Å². The number of hydrogen-bond acceptors (Lipinski definition) is 6. The number of nitrogens with one attached hydrogen (secondary N) is 1. The van der Waals surface area contributed by atoms with Crippen molar-refractivity contribution in [1.29, 1.82) is 0 Å². The molecule has 1 unspecified atom stereocenters. The number of anilines is 1. The van der Waals surface area contributed by atoms with Crippen LogP contribution in [0.3, 0.4) is 0 Å². The summed E-state index contributed by atoms with van der Waals surface area (Å²) in [6.45, 7) is 9.01. The van der Waals surface area contributed by atoms with Gasteiger partial charge in [-0.05, 0) is 6.42 Å². The lowest BCUT2D eigenvalue weighted by molar-refractivity contribution is 0.185. The fourth-order valence-corrected chi connectivity index (χ4v) is 3.56. The zero-order chi connectivity index (χ0) is 12.4. The van der Waals surface area contributed by atoms with E-state index in [1.54, 1.807) is 11.5 Å². The normalized spacial score (nSPS) is 25.8. The highest BCUT2D eigenvalue weighted by atomic mass is 32.1. The minimum atomic E-state index is 0.709. The van der Waals surface area contributed by atoms with Gasteiger partial charge in [-0.1, -0.05) is 6.92 Å². The van der Waals surface area contributed by atoms with Gasteiger partial charge in [-0.2, -0.15) is 4.37 Å². The van der Waals surface area contributed by atoms with Crippen LogP contribution in [-0.2, 0) is 6.42 Å². The Bertz CT molecular complexity index is 388. The van der Waals surface area contributed by atoms with Gasteiger partial charge in [0.05, 0.1) is 0 Å². The van der Waals surface area contributed by atoms with Crippen molar-refractivity contribution in [3.63, 3.8) is 0 Å². The highest BCUT2D eigenvalue weighted by Crippen LogP contribution is 2.24.